The number of hydrogen-bond donors (Lipinski definition) is 3. The predicted molar refractivity (Wildman–Crippen MR) is 115 cm³/mol. The number of halogens is 1. The summed E-state index contributed by atoms with van der Waals surface area (Å²) >= 11 is 6.33. The summed E-state index contributed by atoms with van der Waals surface area (Å²) in [4.78, 5) is 12.8. The highest BCUT2D eigenvalue weighted by Gasteiger charge is 2.39. The van der Waals surface area contributed by atoms with Crippen molar-refractivity contribution < 1.29 is 9.90 Å². The van der Waals surface area contributed by atoms with Gasteiger partial charge in [-0.05, 0) is 67.7 Å². The van der Waals surface area contributed by atoms with E-state index in [2.05, 4.69) is 10.6 Å². The summed E-state index contributed by atoms with van der Waals surface area (Å²) in [5, 5.41) is 16.9. The summed E-state index contributed by atoms with van der Waals surface area (Å²) in [6, 6.07) is 5.64. The van der Waals surface area contributed by atoms with Gasteiger partial charge in [0.05, 0.1) is 16.7 Å². The van der Waals surface area contributed by atoms with Crippen molar-refractivity contribution in [2.75, 3.05) is 19.6 Å². The van der Waals surface area contributed by atoms with Crippen LogP contribution in [0.15, 0.2) is 18.2 Å². The zero-order valence-electron chi connectivity index (χ0n) is 17.1. The molecule has 0 aromatic heterocycles. The van der Waals surface area contributed by atoms with Crippen molar-refractivity contribution in [2.24, 2.45) is 11.3 Å². The second-order valence-electron chi connectivity index (χ2n) is 8.85. The molecule has 2 fully saturated rings. The van der Waals surface area contributed by atoms with E-state index in [9.17, 15) is 9.90 Å². The summed E-state index contributed by atoms with van der Waals surface area (Å²) < 4.78 is 0. The van der Waals surface area contributed by atoms with Crippen molar-refractivity contribution in [3.8, 4) is 0 Å². The average molecular weight is 407 g/mol. The Morgan fingerprint density at radius 1 is 1.32 bits per heavy atom. The molecule has 28 heavy (non-hydrogen) atoms. The fraction of sp³-hybridized carbons (Fsp3) is 0.696. The third kappa shape index (κ3) is 5.71. The van der Waals surface area contributed by atoms with Gasteiger partial charge < -0.3 is 15.7 Å². The lowest BCUT2D eigenvalue weighted by Crippen LogP contribution is -2.43. The first-order valence-corrected chi connectivity index (χ1v) is 11.3. The normalized spacial score (nSPS) is 25.3. The van der Waals surface area contributed by atoms with Crippen molar-refractivity contribution in [1.82, 2.24) is 10.6 Å². The van der Waals surface area contributed by atoms with Gasteiger partial charge in [-0.3, -0.25) is 4.79 Å². The standard InChI is InChI=1S/C23H35ClN2O2/c1-2-25-15-19(27)9-7-17-8-10-21(24)20(13-17)22(28)26-16-23-11-3-5-18(14-23)6-4-12-23/h8,10,13,18-19,25,27H,2-7,9,11-12,14-16H2,1H3,(H,26,28)/t18?,19-,23?/m0/s1. The topological polar surface area (TPSA) is 61.4 Å². The van der Waals surface area contributed by atoms with Crippen molar-refractivity contribution in [3.63, 3.8) is 0 Å². The van der Waals surface area contributed by atoms with Gasteiger partial charge in [0.15, 0.2) is 0 Å². The van der Waals surface area contributed by atoms with E-state index in [4.69, 9.17) is 11.6 Å². The molecule has 0 spiro atoms. The summed E-state index contributed by atoms with van der Waals surface area (Å²) in [6.45, 7) is 4.24. The fourth-order valence-electron chi connectivity index (χ4n) is 5.08. The van der Waals surface area contributed by atoms with Crippen molar-refractivity contribution in [2.45, 2.75) is 70.8 Å². The Bertz CT molecular complexity index is 654. The smallest absolute Gasteiger partial charge is 0.252 e. The summed E-state index contributed by atoms with van der Waals surface area (Å²) in [5.41, 5.74) is 1.90. The van der Waals surface area contributed by atoms with Crippen LogP contribution in [-0.4, -0.2) is 36.8 Å². The fourth-order valence-corrected chi connectivity index (χ4v) is 5.28. The molecular formula is C23H35ClN2O2. The van der Waals surface area contributed by atoms with Crippen LogP contribution in [0.4, 0.5) is 0 Å². The maximum atomic E-state index is 12.8. The van der Waals surface area contributed by atoms with Crippen LogP contribution in [0, 0.1) is 11.3 Å². The zero-order chi connectivity index (χ0) is 20.0. The van der Waals surface area contributed by atoms with E-state index in [0.29, 0.717) is 29.0 Å². The van der Waals surface area contributed by atoms with Crippen LogP contribution in [0.25, 0.3) is 0 Å². The number of amides is 1. The van der Waals surface area contributed by atoms with Crippen LogP contribution in [0.5, 0.6) is 0 Å². The molecule has 1 aromatic rings. The van der Waals surface area contributed by atoms with E-state index in [1.54, 1.807) is 6.07 Å². The van der Waals surface area contributed by atoms with E-state index < -0.39 is 0 Å². The zero-order valence-corrected chi connectivity index (χ0v) is 17.9. The number of benzene rings is 1. The number of rotatable bonds is 9. The van der Waals surface area contributed by atoms with Gasteiger partial charge in [-0.25, -0.2) is 0 Å². The van der Waals surface area contributed by atoms with Crippen LogP contribution >= 0.6 is 11.6 Å². The van der Waals surface area contributed by atoms with Crippen LogP contribution in [0.1, 0.15) is 74.2 Å². The van der Waals surface area contributed by atoms with Crippen LogP contribution in [-0.2, 0) is 6.42 Å². The Morgan fingerprint density at radius 2 is 2.07 bits per heavy atom. The Balaban J connectivity index is 1.57. The maximum Gasteiger partial charge on any atom is 0.252 e. The molecule has 3 N–H and O–H groups in total. The Hall–Kier alpha value is -1.10. The number of fused-ring (bicyclic) bond motifs is 2. The second kappa shape index (κ2) is 10.1. The van der Waals surface area contributed by atoms with Crippen molar-refractivity contribution >= 4 is 17.5 Å². The molecular weight excluding hydrogens is 372 g/mol. The first kappa shape index (κ1) is 21.6. The molecule has 2 saturated carbocycles. The van der Waals surface area contributed by atoms with Crippen molar-refractivity contribution in [1.29, 1.82) is 0 Å². The Morgan fingerprint density at radius 3 is 2.79 bits per heavy atom. The predicted octanol–water partition coefficient (Wildman–Crippen LogP) is 4.33. The van der Waals surface area contributed by atoms with Gasteiger partial charge in [-0.1, -0.05) is 50.3 Å². The quantitative estimate of drug-likeness (QED) is 0.571. The molecule has 1 aromatic carbocycles. The minimum atomic E-state index is -0.377. The molecule has 0 unspecified atom stereocenters. The van der Waals surface area contributed by atoms with Crippen LogP contribution in [0.2, 0.25) is 5.02 Å². The van der Waals surface area contributed by atoms with E-state index in [0.717, 1.165) is 31.0 Å². The molecule has 2 aliphatic rings. The SMILES string of the molecule is CCNC[C@@H](O)CCc1ccc(Cl)c(C(=O)NCC23CCCC(CCC2)C3)c1. The number of aliphatic hydroxyl groups is 1. The molecule has 4 nitrogen and oxygen atoms in total. The number of carbonyl (C=O) groups excluding carboxylic acids is 1. The molecule has 5 heteroatoms. The van der Waals surface area contributed by atoms with Gasteiger partial charge in [-0.15, -0.1) is 0 Å². The second-order valence-corrected chi connectivity index (χ2v) is 9.26. The van der Waals surface area contributed by atoms with E-state index in [-0.39, 0.29) is 12.0 Å². The monoisotopic (exact) mass is 406 g/mol. The molecule has 0 saturated heterocycles. The van der Waals surface area contributed by atoms with Gasteiger partial charge in [-0.2, -0.15) is 0 Å². The number of aliphatic hydroxyl groups excluding tert-OH is 1. The summed E-state index contributed by atoms with van der Waals surface area (Å²) in [7, 11) is 0. The Kier molecular flexibility index (Phi) is 7.78. The minimum absolute atomic E-state index is 0.0675. The molecule has 0 radical (unpaired) electrons. The van der Waals surface area contributed by atoms with Gasteiger partial charge in [0.1, 0.15) is 0 Å². The van der Waals surface area contributed by atoms with E-state index >= 15 is 0 Å². The number of nitrogens with one attached hydrogen (secondary N) is 2. The molecule has 1 amide bonds. The lowest BCUT2D eigenvalue weighted by atomic mass is 9.62. The van der Waals surface area contributed by atoms with Crippen LogP contribution < -0.4 is 10.6 Å². The van der Waals surface area contributed by atoms with E-state index in [1.807, 2.05) is 19.1 Å². The van der Waals surface area contributed by atoms with Gasteiger partial charge in [0.25, 0.3) is 5.91 Å². The summed E-state index contributed by atoms with van der Waals surface area (Å²) in [5.74, 6) is 0.794. The molecule has 2 aliphatic carbocycles. The number of aryl methyl sites for hydroxylation is 1. The first-order chi connectivity index (χ1) is 13.5. The lowest BCUT2D eigenvalue weighted by molar-refractivity contribution is 0.0681. The first-order valence-electron chi connectivity index (χ1n) is 11.0. The van der Waals surface area contributed by atoms with Crippen molar-refractivity contribution in [3.05, 3.63) is 34.3 Å². The average Bonchev–Trinajstić information content (AvgIpc) is 2.70. The van der Waals surface area contributed by atoms with Gasteiger partial charge >= 0.3 is 0 Å². The largest absolute Gasteiger partial charge is 0.392 e. The number of carbonyl (C=O) groups is 1. The van der Waals surface area contributed by atoms with Gasteiger partial charge in [0.2, 0.25) is 0 Å². The number of likely N-dealkylation sites (N-methyl/N-ethyl adjacent to an activating group) is 1. The molecule has 156 valence electrons. The number of hydrogen-bond acceptors (Lipinski definition) is 3. The lowest BCUT2D eigenvalue weighted by Gasteiger charge is -2.45. The van der Waals surface area contributed by atoms with E-state index in [1.165, 1.54) is 44.9 Å². The third-order valence-corrected chi connectivity index (χ3v) is 6.99. The molecule has 3 rings (SSSR count). The van der Waals surface area contributed by atoms with Crippen LogP contribution in [0.3, 0.4) is 0 Å². The molecule has 0 heterocycles. The highest BCUT2D eigenvalue weighted by molar-refractivity contribution is 6.33. The highest BCUT2D eigenvalue weighted by Crippen LogP contribution is 2.48. The maximum absolute atomic E-state index is 12.8. The molecule has 0 aliphatic heterocycles. The minimum Gasteiger partial charge on any atom is -0.392 e. The van der Waals surface area contributed by atoms with Gasteiger partial charge in [0, 0.05) is 13.1 Å². The Labute approximate surface area is 174 Å². The summed E-state index contributed by atoms with van der Waals surface area (Å²) in [6.07, 6.45) is 10.1. The molecule has 1 atom stereocenters. The molecule has 2 bridgehead atoms. The third-order valence-electron chi connectivity index (χ3n) is 6.66. The highest BCUT2D eigenvalue weighted by atomic mass is 35.5.